The predicted molar refractivity (Wildman–Crippen MR) is 123 cm³/mol. The van der Waals surface area contributed by atoms with Gasteiger partial charge in [0.05, 0.1) is 12.8 Å². The van der Waals surface area contributed by atoms with Gasteiger partial charge in [-0.05, 0) is 37.0 Å². The third-order valence-electron chi connectivity index (χ3n) is 5.41. The van der Waals surface area contributed by atoms with Crippen LogP contribution in [0.25, 0.3) is 0 Å². The Bertz CT molecular complexity index is 761. The van der Waals surface area contributed by atoms with Gasteiger partial charge in [0.1, 0.15) is 11.5 Å². The summed E-state index contributed by atoms with van der Waals surface area (Å²) in [4.78, 5) is 4.37. The molecule has 0 atom stereocenters. The monoisotopic (exact) mass is 498 g/mol. The summed E-state index contributed by atoms with van der Waals surface area (Å²) in [6.07, 6.45) is 4.09. The van der Waals surface area contributed by atoms with Gasteiger partial charge in [0.25, 0.3) is 0 Å². The summed E-state index contributed by atoms with van der Waals surface area (Å²) >= 11 is 0. The first-order valence-corrected chi connectivity index (χ1v) is 9.71. The van der Waals surface area contributed by atoms with E-state index in [2.05, 4.69) is 46.8 Å². The molecule has 1 aliphatic rings. The molecule has 28 heavy (non-hydrogen) atoms. The molecule has 1 fully saturated rings. The summed E-state index contributed by atoms with van der Waals surface area (Å²) in [6.45, 7) is 5.72. The molecular weight excluding hydrogens is 467 g/mol. The molecule has 6 nitrogen and oxygen atoms in total. The lowest BCUT2D eigenvalue weighted by atomic mass is 9.96. The minimum Gasteiger partial charge on any atom is -0.497 e. The molecule has 0 aliphatic heterocycles. The third kappa shape index (κ3) is 4.98. The fraction of sp³-hybridized carbons (Fsp3) is 0.524. The smallest absolute Gasteiger partial charge is 0.191 e. The molecule has 0 saturated heterocycles. The highest BCUT2D eigenvalue weighted by atomic mass is 127. The number of nitrogens with one attached hydrogen (secondary N) is 2. The van der Waals surface area contributed by atoms with E-state index in [-0.39, 0.29) is 29.4 Å². The maximum Gasteiger partial charge on any atom is 0.191 e. The van der Waals surface area contributed by atoms with Crippen LogP contribution >= 0.6 is 24.0 Å². The molecule has 0 unspecified atom stereocenters. The zero-order valence-corrected chi connectivity index (χ0v) is 19.5. The maximum absolute atomic E-state index is 5.44. The van der Waals surface area contributed by atoms with Crippen LogP contribution in [-0.2, 0) is 24.8 Å². The summed E-state index contributed by atoms with van der Waals surface area (Å²) in [5.41, 5.74) is 3.72. The van der Waals surface area contributed by atoms with E-state index in [4.69, 9.17) is 9.26 Å². The molecule has 0 amide bonds. The lowest BCUT2D eigenvalue weighted by Crippen LogP contribution is -2.41. The molecule has 154 valence electrons. The van der Waals surface area contributed by atoms with Gasteiger partial charge < -0.3 is 19.9 Å². The fourth-order valence-corrected chi connectivity index (χ4v) is 3.45. The van der Waals surface area contributed by atoms with E-state index in [1.807, 2.05) is 12.1 Å². The normalized spacial score (nSPS) is 14.9. The van der Waals surface area contributed by atoms with Crippen molar-refractivity contribution in [2.45, 2.75) is 51.5 Å². The standard InChI is InChI=1S/C21H30N4O2.HI/c1-5-18-17(19(6-2)27-25-18)13-23-20(22-3)24-14-21(11-12-21)15-7-9-16(26-4)10-8-15;/h7-10H,5-6,11-14H2,1-4H3,(H2,22,23,24);1H. The van der Waals surface area contributed by atoms with Crippen LogP contribution in [0.1, 0.15) is 49.3 Å². The van der Waals surface area contributed by atoms with Gasteiger partial charge in [-0.2, -0.15) is 0 Å². The molecule has 7 heteroatoms. The Morgan fingerprint density at radius 1 is 1.18 bits per heavy atom. The molecule has 2 N–H and O–H groups in total. The minimum atomic E-state index is 0. The van der Waals surface area contributed by atoms with Crippen LogP contribution in [0.3, 0.4) is 0 Å². The van der Waals surface area contributed by atoms with Gasteiger partial charge in [-0.15, -0.1) is 24.0 Å². The lowest BCUT2D eigenvalue weighted by Gasteiger charge is -2.19. The first-order chi connectivity index (χ1) is 13.2. The van der Waals surface area contributed by atoms with Crippen molar-refractivity contribution in [1.29, 1.82) is 0 Å². The largest absolute Gasteiger partial charge is 0.497 e. The molecule has 1 aliphatic carbocycles. The van der Waals surface area contributed by atoms with E-state index >= 15 is 0 Å². The first-order valence-electron chi connectivity index (χ1n) is 9.71. The van der Waals surface area contributed by atoms with E-state index in [0.717, 1.165) is 48.1 Å². The first kappa shape index (κ1) is 22.5. The average Bonchev–Trinajstić information content (AvgIpc) is 3.40. The number of methoxy groups -OCH3 is 1. The quantitative estimate of drug-likeness (QED) is 0.329. The molecule has 1 saturated carbocycles. The molecule has 1 heterocycles. The molecule has 1 aromatic heterocycles. The van der Waals surface area contributed by atoms with Gasteiger partial charge in [-0.25, -0.2) is 0 Å². The summed E-state index contributed by atoms with van der Waals surface area (Å²) < 4.78 is 10.7. The van der Waals surface area contributed by atoms with Gasteiger partial charge >= 0.3 is 0 Å². The second kappa shape index (κ2) is 10.1. The van der Waals surface area contributed by atoms with Crippen molar-refractivity contribution in [1.82, 2.24) is 15.8 Å². The van der Waals surface area contributed by atoms with Gasteiger partial charge in [0.15, 0.2) is 5.96 Å². The Kier molecular flexibility index (Phi) is 8.15. The van der Waals surface area contributed by atoms with Gasteiger partial charge in [-0.1, -0.05) is 31.1 Å². The Balaban J connectivity index is 0.00000280. The third-order valence-corrected chi connectivity index (χ3v) is 5.41. The zero-order chi connectivity index (χ0) is 19.3. The number of hydrogen-bond acceptors (Lipinski definition) is 4. The van der Waals surface area contributed by atoms with Crippen LogP contribution in [0, 0.1) is 0 Å². The van der Waals surface area contributed by atoms with Crippen LogP contribution in [0.15, 0.2) is 33.8 Å². The number of benzene rings is 1. The summed E-state index contributed by atoms with van der Waals surface area (Å²) in [5.74, 6) is 2.65. The molecule has 3 rings (SSSR count). The molecule has 0 bridgehead atoms. The van der Waals surface area contributed by atoms with E-state index in [0.29, 0.717) is 6.54 Å². The number of aryl methyl sites for hydroxylation is 2. The summed E-state index contributed by atoms with van der Waals surface area (Å²) in [5, 5.41) is 11.1. The number of hydrogen-bond donors (Lipinski definition) is 2. The van der Waals surface area contributed by atoms with Crippen LogP contribution < -0.4 is 15.4 Å². The van der Waals surface area contributed by atoms with Gasteiger partial charge in [-0.3, -0.25) is 4.99 Å². The van der Waals surface area contributed by atoms with Crippen LogP contribution in [-0.4, -0.2) is 31.8 Å². The SMILES string of the molecule is CCc1noc(CC)c1CNC(=NC)NCC1(c2ccc(OC)cc2)CC1.I. The number of halogens is 1. The van der Waals surface area contributed by atoms with E-state index in [1.165, 1.54) is 18.4 Å². The Hall–Kier alpha value is -1.77. The van der Waals surface area contributed by atoms with Crippen molar-refractivity contribution < 1.29 is 9.26 Å². The van der Waals surface area contributed by atoms with Crippen molar-refractivity contribution in [2.24, 2.45) is 4.99 Å². The molecule has 2 aromatic rings. The van der Waals surface area contributed by atoms with E-state index in [9.17, 15) is 0 Å². The van der Waals surface area contributed by atoms with Crippen LogP contribution in [0.2, 0.25) is 0 Å². The van der Waals surface area contributed by atoms with E-state index < -0.39 is 0 Å². The average molecular weight is 498 g/mol. The second-order valence-corrected chi connectivity index (χ2v) is 7.03. The fourth-order valence-electron chi connectivity index (χ4n) is 3.45. The molecule has 1 aromatic carbocycles. The van der Waals surface area contributed by atoms with Crippen LogP contribution in [0.4, 0.5) is 0 Å². The Labute approximate surface area is 184 Å². The van der Waals surface area contributed by atoms with Crippen molar-refractivity contribution in [3.63, 3.8) is 0 Å². The number of aliphatic imine (C=N–C) groups is 1. The summed E-state index contributed by atoms with van der Waals surface area (Å²) in [6, 6.07) is 8.41. The Morgan fingerprint density at radius 3 is 2.43 bits per heavy atom. The van der Waals surface area contributed by atoms with Crippen molar-refractivity contribution in [3.05, 3.63) is 46.8 Å². The molecule has 0 radical (unpaired) electrons. The highest BCUT2D eigenvalue weighted by Gasteiger charge is 2.44. The molecular formula is C21H31IN4O2. The number of aromatic nitrogens is 1. The van der Waals surface area contributed by atoms with Gasteiger partial charge in [0.2, 0.25) is 0 Å². The van der Waals surface area contributed by atoms with Gasteiger partial charge in [0, 0.05) is 37.5 Å². The number of rotatable bonds is 8. The van der Waals surface area contributed by atoms with E-state index in [1.54, 1.807) is 14.2 Å². The van der Waals surface area contributed by atoms with Crippen molar-refractivity contribution in [2.75, 3.05) is 20.7 Å². The second-order valence-electron chi connectivity index (χ2n) is 7.03. The van der Waals surface area contributed by atoms with Crippen molar-refractivity contribution in [3.8, 4) is 5.75 Å². The number of nitrogens with zero attached hydrogens (tertiary/aromatic N) is 2. The Morgan fingerprint density at radius 2 is 1.89 bits per heavy atom. The molecule has 0 spiro atoms. The summed E-state index contributed by atoms with van der Waals surface area (Å²) in [7, 11) is 3.50. The highest BCUT2D eigenvalue weighted by Crippen LogP contribution is 2.47. The highest BCUT2D eigenvalue weighted by molar-refractivity contribution is 14.0. The maximum atomic E-state index is 5.44. The number of ether oxygens (including phenoxy) is 1. The zero-order valence-electron chi connectivity index (χ0n) is 17.2. The van der Waals surface area contributed by atoms with Crippen molar-refractivity contribution >= 4 is 29.9 Å². The lowest BCUT2D eigenvalue weighted by molar-refractivity contribution is 0.380. The topological polar surface area (TPSA) is 71.7 Å². The minimum absolute atomic E-state index is 0. The number of guanidine groups is 1. The predicted octanol–water partition coefficient (Wildman–Crippen LogP) is 3.82. The van der Waals surface area contributed by atoms with Crippen LogP contribution in [0.5, 0.6) is 5.75 Å².